The molecule has 1 heterocycles. The summed E-state index contributed by atoms with van der Waals surface area (Å²) in [6.45, 7) is 1.64. The summed E-state index contributed by atoms with van der Waals surface area (Å²) in [7, 11) is -3.99. The van der Waals surface area contributed by atoms with Gasteiger partial charge in [0.2, 0.25) is 5.78 Å². The Kier molecular flexibility index (Phi) is 5.11. The molecule has 0 spiro atoms. The van der Waals surface area contributed by atoms with Crippen molar-refractivity contribution in [2.45, 2.75) is 11.8 Å². The molecule has 0 aliphatic carbocycles. The summed E-state index contributed by atoms with van der Waals surface area (Å²) in [4.78, 5) is 24.1. The van der Waals surface area contributed by atoms with Crippen LogP contribution in [-0.4, -0.2) is 25.3 Å². The molecule has 0 amide bonds. The van der Waals surface area contributed by atoms with E-state index in [2.05, 4.69) is 4.72 Å². The zero-order valence-electron chi connectivity index (χ0n) is 14.2. The lowest BCUT2D eigenvalue weighted by molar-refractivity contribution is 0.0703. The van der Waals surface area contributed by atoms with E-state index in [0.29, 0.717) is 11.1 Å². The van der Waals surface area contributed by atoms with E-state index in [1.165, 1.54) is 12.1 Å². The first kappa shape index (κ1) is 18.8. The lowest BCUT2D eigenvalue weighted by Crippen LogP contribution is -2.15. The highest BCUT2D eigenvalue weighted by Gasteiger charge is 2.24. The van der Waals surface area contributed by atoms with Gasteiger partial charge < -0.3 is 5.11 Å². The quantitative estimate of drug-likeness (QED) is 0.612. The van der Waals surface area contributed by atoms with Gasteiger partial charge in [0.1, 0.15) is 4.88 Å². The van der Waals surface area contributed by atoms with Gasteiger partial charge in [-0.1, -0.05) is 48.5 Å². The number of hydrogen-bond donors (Lipinski definition) is 2. The molecule has 2 aromatic carbocycles. The fraction of sp³-hybridized carbons (Fsp3) is 0.0526. The highest BCUT2D eigenvalue weighted by molar-refractivity contribution is 7.92. The van der Waals surface area contributed by atoms with Gasteiger partial charge in [0.25, 0.3) is 10.0 Å². The number of hydrogen-bond acceptors (Lipinski definition) is 5. The second-order valence-corrected chi connectivity index (χ2v) is 8.43. The molecule has 0 saturated heterocycles. The molecule has 3 rings (SSSR count). The summed E-state index contributed by atoms with van der Waals surface area (Å²) in [6.07, 6.45) is 0. The van der Waals surface area contributed by atoms with E-state index in [0.717, 1.165) is 11.3 Å². The molecule has 1 aromatic heterocycles. The van der Waals surface area contributed by atoms with Gasteiger partial charge in [-0.2, -0.15) is 0 Å². The number of rotatable bonds is 6. The molecule has 138 valence electrons. The number of nitrogens with one attached hydrogen (secondary N) is 1. The minimum absolute atomic E-state index is 0.0449. The second-order valence-electron chi connectivity index (χ2n) is 5.72. The number of thiophene rings is 1. The summed E-state index contributed by atoms with van der Waals surface area (Å²) >= 11 is 0.735. The van der Waals surface area contributed by atoms with E-state index >= 15 is 0 Å². The van der Waals surface area contributed by atoms with Crippen LogP contribution < -0.4 is 4.72 Å². The molecule has 0 aliphatic rings. The SMILES string of the molecule is Cc1ccccc1S(=O)(=O)Nc1cc(C(=O)c2ccccc2)sc1C(=O)O. The van der Waals surface area contributed by atoms with E-state index in [9.17, 15) is 23.1 Å². The smallest absolute Gasteiger partial charge is 0.348 e. The van der Waals surface area contributed by atoms with Gasteiger partial charge in [0.05, 0.1) is 15.5 Å². The number of carboxylic acid groups (broad SMARTS) is 1. The number of anilines is 1. The third-order valence-electron chi connectivity index (χ3n) is 3.81. The van der Waals surface area contributed by atoms with Crippen LogP contribution in [0, 0.1) is 6.92 Å². The number of carbonyl (C=O) groups excluding carboxylic acids is 1. The number of benzene rings is 2. The summed E-state index contributed by atoms with van der Waals surface area (Å²) in [5.74, 6) is -1.68. The second kappa shape index (κ2) is 7.34. The van der Waals surface area contributed by atoms with Gasteiger partial charge in [-0.05, 0) is 24.6 Å². The number of ketones is 1. The molecule has 8 heteroatoms. The van der Waals surface area contributed by atoms with Crippen molar-refractivity contribution in [1.29, 1.82) is 0 Å². The standard InChI is InChI=1S/C19H15NO5S2/c1-12-7-5-6-10-16(12)27(24,25)20-14-11-15(26-18(14)19(22)23)17(21)13-8-3-2-4-9-13/h2-11,20H,1H3,(H,22,23). The molecule has 0 bridgehead atoms. The van der Waals surface area contributed by atoms with Crippen LogP contribution in [-0.2, 0) is 10.0 Å². The predicted molar refractivity (Wildman–Crippen MR) is 103 cm³/mol. The van der Waals surface area contributed by atoms with E-state index in [4.69, 9.17) is 0 Å². The first-order chi connectivity index (χ1) is 12.8. The van der Waals surface area contributed by atoms with Gasteiger partial charge >= 0.3 is 5.97 Å². The number of aryl methyl sites for hydroxylation is 1. The van der Waals surface area contributed by atoms with Crippen LogP contribution in [0.25, 0.3) is 0 Å². The van der Waals surface area contributed by atoms with Crippen molar-refractivity contribution in [3.8, 4) is 0 Å². The van der Waals surface area contributed by atoms with Crippen molar-refractivity contribution in [3.05, 3.63) is 81.5 Å². The maximum Gasteiger partial charge on any atom is 0.348 e. The normalized spacial score (nSPS) is 11.1. The van der Waals surface area contributed by atoms with Gasteiger partial charge in [-0.3, -0.25) is 9.52 Å². The monoisotopic (exact) mass is 401 g/mol. The summed E-state index contributed by atoms with van der Waals surface area (Å²) in [5.41, 5.74) is 0.789. The predicted octanol–water partition coefficient (Wildman–Crippen LogP) is 3.79. The fourth-order valence-corrected chi connectivity index (χ4v) is 4.82. The Morgan fingerprint density at radius 1 is 1.00 bits per heavy atom. The fourth-order valence-electron chi connectivity index (χ4n) is 2.53. The van der Waals surface area contributed by atoms with Crippen molar-refractivity contribution in [1.82, 2.24) is 0 Å². The van der Waals surface area contributed by atoms with Crippen LogP contribution in [0.15, 0.2) is 65.6 Å². The molecule has 0 saturated carbocycles. The maximum absolute atomic E-state index is 12.7. The third-order valence-corrected chi connectivity index (χ3v) is 6.46. The Hall–Kier alpha value is -2.97. The van der Waals surface area contributed by atoms with Crippen LogP contribution in [0.4, 0.5) is 5.69 Å². The van der Waals surface area contributed by atoms with Crippen molar-refractivity contribution in [2.75, 3.05) is 4.72 Å². The zero-order valence-corrected chi connectivity index (χ0v) is 15.8. The highest BCUT2D eigenvalue weighted by atomic mass is 32.2. The van der Waals surface area contributed by atoms with E-state index in [1.54, 1.807) is 55.5 Å². The van der Waals surface area contributed by atoms with Crippen LogP contribution in [0.2, 0.25) is 0 Å². The van der Waals surface area contributed by atoms with Crippen LogP contribution in [0.5, 0.6) is 0 Å². The molecule has 0 fully saturated rings. The Labute approximate surface area is 160 Å². The van der Waals surface area contributed by atoms with Crippen molar-refractivity contribution in [3.63, 3.8) is 0 Å². The Morgan fingerprint density at radius 2 is 1.63 bits per heavy atom. The molecule has 3 aromatic rings. The molecular weight excluding hydrogens is 386 g/mol. The lowest BCUT2D eigenvalue weighted by Gasteiger charge is -2.09. The first-order valence-corrected chi connectivity index (χ1v) is 10.1. The van der Waals surface area contributed by atoms with Crippen LogP contribution in [0.1, 0.15) is 30.5 Å². The minimum Gasteiger partial charge on any atom is -0.477 e. The molecule has 0 atom stereocenters. The molecule has 0 aliphatic heterocycles. The largest absolute Gasteiger partial charge is 0.477 e. The summed E-state index contributed by atoms with van der Waals surface area (Å²) < 4.78 is 27.6. The average Bonchev–Trinajstić information content (AvgIpc) is 3.05. The third kappa shape index (κ3) is 3.91. The molecule has 0 unspecified atom stereocenters. The highest BCUT2D eigenvalue weighted by Crippen LogP contribution is 2.31. The number of aromatic carboxylic acids is 1. The zero-order chi connectivity index (χ0) is 19.6. The summed E-state index contributed by atoms with van der Waals surface area (Å²) in [5, 5.41) is 9.42. The summed E-state index contributed by atoms with van der Waals surface area (Å²) in [6, 6.07) is 16.0. The number of sulfonamides is 1. The van der Waals surface area contributed by atoms with E-state index < -0.39 is 16.0 Å². The first-order valence-electron chi connectivity index (χ1n) is 7.85. The van der Waals surface area contributed by atoms with Crippen LogP contribution in [0.3, 0.4) is 0 Å². The maximum atomic E-state index is 12.7. The molecule has 0 radical (unpaired) electrons. The molecule has 27 heavy (non-hydrogen) atoms. The Balaban J connectivity index is 2.01. The van der Waals surface area contributed by atoms with Gasteiger partial charge in [0, 0.05) is 5.56 Å². The molecule has 2 N–H and O–H groups in total. The van der Waals surface area contributed by atoms with Gasteiger partial charge in [0.15, 0.2) is 0 Å². The van der Waals surface area contributed by atoms with Gasteiger partial charge in [-0.15, -0.1) is 11.3 Å². The van der Waals surface area contributed by atoms with Crippen molar-refractivity contribution < 1.29 is 23.1 Å². The van der Waals surface area contributed by atoms with Crippen molar-refractivity contribution >= 4 is 38.8 Å². The van der Waals surface area contributed by atoms with Crippen LogP contribution >= 0.6 is 11.3 Å². The van der Waals surface area contributed by atoms with Crippen molar-refractivity contribution in [2.24, 2.45) is 0 Å². The van der Waals surface area contributed by atoms with Gasteiger partial charge in [-0.25, -0.2) is 13.2 Å². The van der Waals surface area contributed by atoms with E-state index in [1.807, 2.05) is 0 Å². The number of carboxylic acids is 1. The number of carbonyl (C=O) groups is 2. The Bertz CT molecular complexity index is 1120. The Morgan fingerprint density at radius 3 is 2.26 bits per heavy atom. The molecule has 6 nitrogen and oxygen atoms in total. The van der Waals surface area contributed by atoms with E-state index in [-0.39, 0.29) is 26.1 Å². The topological polar surface area (TPSA) is 101 Å². The average molecular weight is 401 g/mol. The molecular formula is C19H15NO5S2. The minimum atomic E-state index is -3.99. The lowest BCUT2D eigenvalue weighted by atomic mass is 10.1.